The molecule has 18 heavy (non-hydrogen) atoms. The lowest BCUT2D eigenvalue weighted by atomic mass is 10.2. The summed E-state index contributed by atoms with van der Waals surface area (Å²) in [6.45, 7) is 4.67. The first-order valence-corrected chi connectivity index (χ1v) is 6.08. The fourth-order valence-electron chi connectivity index (χ4n) is 1.41. The maximum Gasteiger partial charge on any atom is 0.123 e. The van der Waals surface area contributed by atoms with E-state index in [9.17, 15) is 4.39 Å². The van der Waals surface area contributed by atoms with Gasteiger partial charge in [-0.1, -0.05) is 26.0 Å². The summed E-state index contributed by atoms with van der Waals surface area (Å²) >= 11 is 0. The number of hydrogen-bond acceptors (Lipinski definition) is 2. The van der Waals surface area contributed by atoms with Crippen LogP contribution in [0.3, 0.4) is 0 Å². The lowest BCUT2D eigenvalue weighted by Gasteiger charge is -2.06. The van der Waals surface area contributed by atoms with Crippen molar-refractivity contribution in [2.45, 2.75) is 20.4 Å². The molecule has 2 aromatic carbocycles. The van der Waals surface area contributed by atoms with Crippen molar-refractivity contribution in [1.29, 1.82) is 0 Å². The van der Waals surface area contributed by atoms with Crippen LogP contribution in [0.15, 0.2) is 48.5 Å². The van der Waals surface area contributed by atoms with Gasteiger partial charge in [-0.15, -0.1) is 0 Å². The summed E-state index contributed by atoms with van der Waals surface area (Å²) < 4.78 is 12.7. The van der Waals surface area contributed by atoms with Gasteiger partial charge in [0.05, 0.1) is 0 Å². The Bertz CT molecular complexity index is 403. The molecule has 0 heterocycles. The van der Waals surface area contributed by atoms with Crippen molar-refractivity contribution in [2.24, 2.45) is 0 Å². The van der Waals surface area contributed by atoms with Gasteiger partial charge in [0.25, 0.3) is 0 Å². The molecule has 0 aliphatic heterocycles. The standard InChI is InChI=1S/C13H13FN2.C2H6/c14-11-3-1-10(2-4-11)9-16-13-7-5-12(15)6-8-13;1-2/h1-8,16H,9,15H2;1-2H3. The monoisotopic (exact) mass is 246 g/mol. The van der Waals surface area contributed by atoms with Crippen molar-refractivity contribution in [3.8, 4) is 0 Å². The topological polar surface area (TPSA) is 38.0 Å². The second kappa shape index (κ2) is 7.33. The van der Waals surface area contributed by atoms with E-state index in [0.717, 1.165) is 16.9 Å². The van der Waals surface area contributed by atoms with Gasteiger partial charge in [0.15, 0.2) is 0 Å². The Kier molecular flexibility index (Phi) is 5.71. The van der Waals surface area contributed by atoms with Crippen LogP contribution >= 0.6 is 0 Å². The van der Waals surface area contributed by atoms with Gasteiger partial charge in [-0.3, -0.25) is 0 Å². The Morgan fingerprint density at radius 2 is 1.50 bits per heavy atom. The highest BCUT2D eigenvalue weighted by Gasteiger charge is 1.94. The summed E-state index contributed by atoms with van der Waals surface area (Å²) in [7, 11) is 0. The van der Waals surface area contributed by atoms with Gasteiger partial charge >= 0.3 is 0 Å². The molecule has 0 spiro atoms. The van der Waals surface area contributed by atoms with E-state index in [1.807, 2.05) is 38.1 Å². The molecule has 0 unspecified atom stereocenters. The minimum absolute atomic E-state index is 0.212. The van der Waals surface area contributed by atoms with E-state index < -0.39 is 0 Å². The van der Waals surface area contributed by atoms with Crippen molar-refractivity contribution in [3.05, 3.63) is 59.9 Å². The van der Waals surface area contributed by atoms with E-state index in [4.69, 9.17) is 5.73 Å². The van der Waals surface area contributed by atoms with Gasteiger partial charge in [-0.25, -0.2) is 4.39 Å². The fraction of sp³-hybridized carbons (Fsp3) is 0.200. The molecule has 0 amide bonds. The van der Waals surface area contributed by atoms with Gasteiger partial charge < -0.3 is 11.1 Å². The number of nitrogen functional groups attached to an aromatic ring is 1. The number of hydrogen-bond donors (Lipinski definition) is 2. The second-order valence-electron chi connectivity index (χ2n) is 3.60. The van der Waals surface area contributed by atoms with Gasteiger partial charge in [0.2, 0.25) is 0 Å². The summed E-state index contributed by atoms with van der Waals surface area (Å²) in [6.07, 6.45) is 0. The molecular weight excluding hydrogens is 227 g/mol. The first-order valence-electron chi connectivity index (χ1n) is 6.08. The van der Waals surface area contributed by atoms with Crippen LogP contribution < -0.4 is 11.1 Å². The first-order chi connectivity index (χ1) is 8.74. The minimum atomic E-state index is -0.212. The summed E-state index contributed by atoms with van der Waals surface area (Å²) in [5.41, 5.74) is 8.36. The number of anilines is 2. The number of rotatable bonds is 3. The van der Waals surface area contributed by atoms with Gasteiger partial charge in [-0.05, 0) is 42.0 Å². The molecule has 0 saturated heterocycles. The predicted octanol–water partition coefficient (Wildman–Crippen LogP) is 4.05. The molecule has 0 radical (unpaired) electrons. The molecule has 2 rings (SSSR count). The zero-order chi connectivity index (χ0) is 13.4. The summed E-state index contributed by atoms with van der Waals surface area (Å²) in [5.74, 6) is -0.212. The molecule has 0 bridgehead atoms. The highest BCUT2D eigenvalue weighted by molar-refractivity contribution is 5.51. The average Bonchev–Trinajstić information content (AvgIpc) is 2.42. The Hall–Kier alpha value is -2.03. The van der Waals surface area contributed by atoms with Crippen LogP contribution in [0.25, 0.3) is 0 Å². The number of halogens is 1. The average molecular weight is 246 g/mol. The maximum absolute atomic E-state index is 12.7. The largest absolute Gasteiger partial charge is 0.399 e. The van der Waals surface area contributed by atoms with Crippen LogP contribution in [0.5, 0.6) is 0 Å². The third-order valence-electron chi connectivity index (χ3n) is 2.32. The third kappa shape index (κ3) is 4.45. The molecule has 3 N–H and O–H groups in total. The molecule has 0 fully saturated rings. The van der Waals surface area contributed by atoms with Crippen molar-refractivity contribution < 1.29 is 4.39 Å². The third-order valence-corrected chi connectivity index (χ3v) is 2.32. The molecule has 0 atom stereocenters. The predicted molar refractivity (Wildman–Crippen MR) is 75.9 cm³/mol. The van der Waals surface area contributed by atoms with Crippen molar-refractivity contribution in [3.63, 3.8) is 0 Å². The molecule has 0 saturated carbocycles. The quantitative estimate of drug-likeness (QED) is 0.802. The van der Waals surface area contributed by atoms with Gasteiger partial charge in [0, 0.05) is 17.9 Å². The van der Waals surface area contributed by atoms with Crippen LogP contribution in [0.1, 0.15) is 19.4 Å². The smallest absolute Gasteiger partial charge is 0.123 e. The van der Waals surface area contributed by atoms with E-state index in [0.29, 0.717) is 6.54 Å². The number of benzene rings is 2. The summed E-state index contributed by atoms with van der Waals surface area (Å²) in [5, 5.41) is 3.23. The summed E-state index contributed by atoms with van der Waals surface area (Å²) in [6, 6.07) is 14.0. The van der Waals surface area contributed by atoms with Crippen molar-refractivity contribution in [2.75, 3.05) is 11.1 Å². The maximum atomic E-state index is 12.7. The first kappa shape index (κ1) is 14.0. The van der Waals surface area contributed by atoms with Crippen LogP contribution in [0, 0.1) is 5.82 Å². The molecule has 0 aliphatic rings. The van der Waals surface area contributed by atoms with E-state index >= 15 is 0 Å². The Morgan fingerprint density at radius 3 is 2.06 bits per heavy atom. The lowest BCUT2D eigenvalue weighted by molar-refractivity contribution is 0.627. The van der Waals surface area contributed by atoms with Gasteiger partial charge in [0.1, 0.15) is 5.82 Å². The molecule has 2 aromatic rings. The Morgan fingerprint density at radius 1 is 0.944 bits per heavy atom. The Labute approximate surface area is 108 Å². The second-order valence-corrected chi connectivity index (χ2v) is 3.60. The zero-order valence-corrected chi connectivity index (χ0v) is 10.8. The van der Waals surface area contributed by atoms with Crippen LogP contribution in [0.4, 0.5) is 15.8 Å². The van der Waals surface area contributed by atoms with E-state index in [-0.39, 0.29) is 5.82 Å². The molecule has 0 aromatic heterocycles. The highest BCUT2D eigenvalue weighted by Crippen LogP contribution is 2.12. The SMILES string of the molecule is CC.Nc1ccc(NCc2ccc(F)cc2)cc1. The molecule has 3 heteroatoms. The zero-order valence-electron chi connectivity index (χ0n) is 10.8. The molecule has 0 aliphatic carbocycles. The van der Waals surface area contributed by atoms with E-state index in [1.54, 1.807) is 12.1 Å². The van der Waals surface area contributed by atoms with E-state index in [1.165, 1.54) is 12.1 Å². The van der Waals surface area contributed by atoms with Crippen LogP contribution in [-0.2, 0) is 6.54 Å². The van der Waals surface area contributed by atoms with Crippen LogP contribution in [-0.4, -0.2) is 0 Å². The van der Waals surface area contributed by atoms with Gasteiger partial charge in [-0.2, -0.15) is 0 Å². The van der Waals surface area contributed by atoms with Crippen molar-refractivity contribution >= 4 is 11.4 Å². The minimum Gasteiger partial charge on any atom is -0.399 e. The molecular formula is C15H19FN2. The lowest BCUT2D eigenvalue weighted by Crippen LogP contribution is -1.99. The number of nitrogens with one attached hydrogen (secondary N) is 1. The van der Waals surface area contributed by atoms with Crippen molar-refractivity contribution in [1.82, 2.24) is 0 Å². The molecule has 96 valence electrons. The summed E-state index contributed by atoms with van der Waals surface area (Å²) in [4.78, 5) is 0. The number of nitrogens with two attached hydrogens (primary N) is 1. The Balaban J connectivity index is 0.000000771. The highest BCUT2D eigenvalue weighted by atomic mass is 19.1. The van der Waals surface area contributed by atoms with E-state index in [2.05, 4.69) is 5.32 Å². The van der Waals surface area contributed by atoms with Crippen LogP contribution in [0.2, 0.25) is 0 Å². The fourth-order valence-corrected chi connectivity index (χ4v) is 1.41. The molecule has 2 nitrogen and oxygen atoms in total. The normalized spacial score (nSPS) is 9.28.